The number of ketones is 1. The molecule has 3 nitrogen and oxygen atoms in total. The zero-order valence-electron chi connectivity index (χ0n) is 17.1. The molecule has 6 aromatic rings. The summed E-state index contributed by atoms with van der Waals surface area (Å²) in [6, 6.07) is 34.9. The molecule has 2 heterocycles. The lowest BCUT2D eigenvalue weighted by molar-refractivity contribution is 0.104. The third-order valence-corrected chi connectivity index (χ3v) is 5.73. The molecule has 0 saturated heterocycles. The lowest BCUT2D eigenvalue weighted by Gasteiger charge is -2.03. The van der Waals surface area contributed by atoms with Crippen LogP contribution in [0.2, 0.25) is 0 Å². The third kappa shape index (κ3) is 3.03. The van der Waals surface area contributed by atoms with Gasteiger partial charge in [-0.15, -0.1) is 0 Å². The molecule has 32 heavy (non-hydrogen) atoms. The first-order valence-corrected chi connectivity index (χ1v) is 10.5. The van der Waals surface area contributed by atoms with Crippen LogP contribution in [0.1, 0.15) is 15.9 Å². The molecule has 0 aliphatic heterocycles. The van der Waals surface area contributed by atoms with Crippen molar-refractivity contribution < 1.29 is 13.6 Å². The van der Waals surface area contributed by atoms with Crippen molar-refractivity contribution in [3.8, 4) is 22.6 Å². The molecule has 0 N–H and O–H groups in total. The van der Waals surface area contributed by atoms with Crippen LogP contribution in [-0.4, -0.2) is 5.78 Å². The maximum Gasteiger partial charge on any atom is 0.194 e. The van der Waals surface area contributed by atoms with Gasteiger partial charge in [-0.2, -0.15) is 0 Å². The van der Waals surface area contributed by atoms with Crippen molar-refractivity contribution in [2.24, 2.45) is 0 Å². The van der Waals surface area contributed by atoms with Crippen molar-refractivity contribution in [1.82, 2.24) is 0 Å². The van der Waals surface area contributed by atoms with E-state index in [1.54, 1.807) is 0 Å². The fraction of sp³-hybridized carbons (Fsp3) is 0. The van der Waals surface area contributed by atoms with Gasteiger partial charge >= 0.3 is 0 Å². The first-order chi connectivity index (χ1) is 15.8. The van der Waals surface area contributed by atoms with Gasteiger partial charge in [-0.25, -0.2) is 0 Å². The molecular weight excluding hydrogens is 396 g/mol. The predicted octanol–water partition coefficient (Wildman–Crippen LogP) is 7.74. The molecule has 0 aliphatic rings. The zero-order valence-corrected chi connectivity index (χ0v) is 17.1. The Hall–Kier alpha value is -4.37. The lowest BCUT2D eigenvalue weighted by atomic mass is 9.97. The monoisotopic (exact) mass is 414 g/mol. The van der Waals surface area contributed by atoms with Gasteiger partial charge in [0.2, 0.25) is 0 Å². The Kier molecular flexibility index (Phi) is 4.25. The minimum absolute atomic E-state index is 0.0537. The van der Waals surface area contributed by atoms with Gasteiger partial charge in [0.15, 0.2) is 5.78 Å². The van der Waals surface area contributed by atoms with Crippen LogP contribution in [-0.2, 0) is 0 Å². The third-order valence-electron chi connectivity index (χ3n) is 5.73. The zero-order chi connectivity index (χ0) is 21.5. The van der Waals surface area contributed by atoms with Crippen LogP contribution in [0, 0.1) is 0 Å². The molecule has 0 spiro atoms. The molecule has 0 bridgehead atoms. The van der Waals surface area contributed by atoms with E-state index in [4.69, 9.17) is 8.83 Å². The molecule has 0 radical (unpaired) electrons. The Morgan fingerprint density at radius 2 is 0.938 bits per heavy atom. The highest BCUT2D eigenvalue weighted by atomic mass is 16.3. The minimum atomic E-state index is -0.0537. The average Bonchev–Trinajstić information content (AvgIpc) is 3.49. The number of furan rings is 2. The summed E-state index contributed by atoms with van der Waals surface area (Å²) in [5.41, 5.74) is 4.57. The Morgan fingerprint density at radius 1 is 0.500 bits per heavy atom. The number of rotatable bonds is 4. The highest BCUT2D eigenvalue weighted by Crippen LogP contribution is 2.34. The molecule has 0 amide bonds. The van der Waals surface area contributed by atoms with E-state index in [2.05, 4.69) is 0 Å². The van der Waals surface area contributed by atoms with Gasteiger partial charge in [-0.1, -0.05) is 84.9 Å². The second kappa shape index (κ2) is 7.40. The van der Waals surface area contributed by atoms with E-state index >= 15 is 0 Å². The molecular formula is C29H18O3. The largest absolute Gasteiger partial charge is 0.456 e. The van der Waals surface area contributed by atoms with Crippen LogP contribution < -0.4 is 0 Å². The minimum Gasteiger partial charge on any atom is -0.456 e. The summed E-state index contributed by atoms with van der Waals surface area (Å²) in [7, 11) is 0. The fourth-order valence-electron chi connectivity index (χ4n) is 4.15. The Labute approximate surface area is 184 Å². The van der Waals surface area contributed by atoms with Crippen molar-refractivity contribution >= 4 is 27.7 Å². The number of fused-ring (bicyclic) bond motifs is 2. The van der Waals surface area contributed by atoms with Crippen molar-refractivity contribution in [2.45, 2.75) is 0 Å². The van der Waals surface area contributed by atoms with Crippen molar-refractivity contribution in [1.29, 1.82) is 0 Å². The summed E-state index contributed by atoms with van der Waals surface area (Å²) in [6.07, 6.45) is 0. The van der Waals surface area contributed by atoms with Crippen molar-refractivity contribution in [3.63, 3.8) is 0 Å². The van der Waals surface area contributed by atoms with Crippen LogP contribution in [0.25, 0.3) is 44.6 Å². The summed E-state index contributed by atoms with van der Waals surface area (Å²) < 4.78 is 12.1. The number of carbonyl (C=O) groups excluding carboxylic acids is 1. The molecule has 0 unspecified atom stereocenters. The molecule has 4 aromatic carbocycles. The maximum atomic E-state index is 13.7. The lowest BCUT2D eigenvalue weighted by Crippen LogP contribution is -2.02. The van der Waals surface area contributed by atoms with E-state index in [9.17, 15) is 4.79 Å². The van der Waals surface area contributed by atoms with Gasteiger partial charge < -0.3 is 8.83 Å². The van der Waals surface area contributed by atoms with Crippen LogP contribution in [0.5, 0.6) is 0 Å². The standard InChI is InChI=1S/C29H18O3/c30-29(21-13-7-15-25-23(21)17-27(31-25)19-9-3-1-4-10-19)22-14-8-16-26-24(22)18-28(32-26)20-11-5-2-6-12-20/h1-18H. The summed E-state index contributed by atoms with van der Waals surface area (Å²) >= 11 is 0. The molecule has 0 fully saturated rings. The van der Waals surface area contributed by atoms with Gasteiger partial charge in [-0.05, 0) is 24.3 Å². The van der Waals surface area contributed by atoms with E-state index in [0.29, 0.717) is 22.3 Å². The normalized spacial score (nSPS) is 11.2. The molecule has 0 saturated carbocycles. The van der Waals surface area contributed by atoms with Crippen LogP contribution in [0.4, 0.5) is 0 Å². The van der Waals surface area contributed by atoms with Crippen LogP contribution >= 0.6 is 0 Å². The van der Waals surface area contributed by atoms with E-state index in [-0.39, 0.29) is 5.78 Å². The molecule has 152 valence electrons. The summed E-state index contributed by atoms with van der Waals surface area (Å²) in [5, 5.41) is 1.61. The fourth-order valence-corrected chi connectivity index (χ4v) is 4.15. The topological polar surface area (TPSA) is 43.4 Å². The van der Waals surface area contributed by atoms with Crippen molar-refractivity contribution in [3.05, 3.63) is 120 Å². The second-order valence-electron chi connectivity index (χ2n) is 7.72. The average molecular weight is 414 g/mol. The number of hydrogen-bond donors (Lipinski definition) is 0. The Bertz CT molecular complexity index is 1450. The first-order valence-electron chi connectivity index (χ1n) is 10.5. The van der Waals surface area contributed by atoms with E-state index in [0.717, 1.165) is 33.4 Å². The second-order valence-corrected chi connectivity index (χ2v) is 7.72. The van der Waals surface area contributed by atoms with Gasteiger partial charge in [0, 0.05) is 33.0 Å². The quantitative estimate of drug-likeness (QED) is 0.277. The number of benzene rings is 4. The predicted molar refractivity (Wildman–Crippen MR) is 127 cm³/mol. The molecule has 0 atom stereocenters. The van der Waals surface area contributed by atoms with Crippen LogP contribution in [0.15, 0.2) is 118 Å². The first kappa shape index (κ1) is 18.4. The SMILES string of the molecule is O=C(c1cccc2oc(-c3ccccc3)cc12)c1cccc2oc(-c3ccccc3)cc12. The molecule has 2 aromatic heterocycles. The molecule has 6 rings (SSSR count). The highest BCUT2D eigenvalue weighted by Gasteiger charge is 2.20. The maximum absolute atomic E-state index is 13.7. The number of carbonyl (C=O) groups is 1. The van der Waals surface area contributed by atoms with E-state index in [1.807, 2.05) is 109 Å². The van der Waals surface area contributed by atoms with Crippen LogP contribution in [0.3, 0.4) is 0 Å². The Morgan fingerprint density at radius 3 is 1.38 bits per heavy atom. The summed E-state index contributed by atoms with van der Waals surface area (Å²) in [6.45, 7) is 0. The van der Waals surface area contributed by atoms with Gasteiger partial charge in [0.25, 0.3) is 0 Å². The smallest absolute Gasteiger partial charge is 0.194 e. The van der Waals surface area contributed by atoms with E-state index < -0.39 is 0 Å². The summed E-state index contributed by atoms with van der Waals surface area (Å²) in [5.74, 6) is 1.43. The van der Waals surface area contributed by atoms with Gasteiger partial charge in [0.05, 0.1) is 0 Å². The van der Waals surface area contributed by atoms with E-state index in [1.165, 1.54) is 0 Å². The van der Waals surface area contributed by atoms with Gasteiger partial charge in [0.1, 0.15) is 22.7 Å². The molecule has 3 heteroatoms. The van der Waals surface area contributed by atoms with Crippen molar-refractivity contribution in [2.75, 3.05) is 0 Å². The van der Waals surface area contributed by atoms with Gasteiger partial charge in [-0.3, -0.25) is 4.79 Å². The molecule has 0 aliphatic carbocycles. The highest BCUT2D eigenvalue weighted by molar-refractivity contribution is 6.21. The Balaban J connectivity index is 1.48. The summed E-state index contributed by atoms with van der Waals surface area (Å²) in [4.78, 5) is 13.7. The number of hydrogen-bond acceptors (Lipinski definition) is 3.